The zero-order valence-electron chi connectivity index (χ0n) is 9.49. The minimum Gasteiger partial charge on any atom is -0.241 e. The lowest BCUT2D eigenvalue weighted by atomic mass is 10.1. The van der Waals surface area contributed by atoms with Crippen LogP contribution in [0.25, 0.3) is 0 Å². The number of aromatic nitrogens is 2. The molecule has 0 saturated heterocycles. The van der Waals surface area contributed by atoms with E-state index < -0.39 is 0 Å². The van der Waals surface area contributed by atoms with Gasteiger partial charge in [0.2, 0.25) is 0 Å². The molecule has 2 aromatic rings. The molecule has 1 aliphatic carbocycles. The van der Waals surface area contributed by atoms with E-state index in [2.05, 4.69) is 38.0 Å². The maximum atomic E-state index is 4.66. The molecule has 0 fully saturated rings. The molecule has 0 spiro atoms. The van der Waals surface area contributed by atoms with E-state index in [0.717, 1.165) is 29.6 Å². The van der Waals surface area contributed by atoms with Crippen LogP contribution in [0.1, 0.15) is 29.1 Å². The van der Waals surface area contributed by atoms with E-state index in [9.17, 15) is 0 Å². The Labute approximate surface area is 109 Å². The van der Waals surface area contributed by atoms with Gasteiger partial charge in [-0.2, -0.15) is 0 Å². The van der Waals surface area contributed by atoms with Crippen LogP contribution in [0.2, 0.25) is 0 Å². The highest BCUT2D eigenvalue weighted by Crippen LogP contribution is 2.21. The second-order valence-corrected chi connectivity index (χ2v) is 5.23. The van der Waals surface area contributed by atoms with Crippen molar-refractivity contribution in [2.24, 2.45) is 0 Å². The molecule has 86 valence electrons. The number of nitrogens with zero attached hydrogens (tertiary/aromatic N) is 2. The Morgan fingerprint density at radius 1 is 1.18 bits per heavy atom. The van der Waals surface area contributed by atoms with Crippen molar-refractivity contribution in [1.82, 2.24) is 9.97 Å². The van der Waals surface area contributed by atoms with Gasteiger partial charge in [0.25, 0.3) is 0 Å². The molecule has 1 aromatic carbocycles. The molecule has 0 unspecified atom stereocenters. The molecule has 0 radical (unpaired) electrons. The predicted octanol–water partition coefficient (Wildman–Crippen LogP) is 3.32. The maximum Gasteiger partial charge on any atom is 0.132 e. The highest BCUT2D eigenvalue weighted by molar-refractivity contribution is 9.10. The molecule has 17 heavy (non-hydrogen) atoms. The largest absolute Gasteiger partial charge is 0.241 e. The lowest BCUT2D eigenvalue weighted by Gasteiger charge is -2.05. The standard InChI is InChI=1S/C14H13BrN2/c15-12-6-2-1-4-10(12)8-14-16-9-11-5-3-7-13(11)17-14/h1-2,4,6,9H,3,5,7-8H2. The van der Waals surface area contributed by atoms with Crippen molar-refractivity contribution in [1.29, 1.82) is 0 Å². The first-order chi connectivity index (χ1) is 8.33. The number of hydrogen-bond acceptors (Lipinski definition) is 2. The summed E-state index contributed by atoms with van der Waals surface area (Å²) in [6.07, 6.45) is 6.28. The average molecular weight is 289 g/mol. The molecule has 1 heterocycles. The van der Waals surface area contributed by atoms with Gasteiger partial charge < -0.3 is 0 Å². The lowest BCUT2D eigenvalue weighted by molar-refractivity contribution is 0.885. The van der Waals surface area contributed by atoms with Crippen molar-refractivity contribution in [3.05, 3.63) is 57.6 Å². The van der Waals surface area contributed by atoms with Crippen molar-refractivity contribution < 1.29 is 0 Å². The third kappa shape index (κ3) is 2.25. The first-order valence-corrected chi connectivity index (χ1v) is 6.69. The molecule has 0 aliphatic heterocycles. The molecule has 1 aromatic heterocycles. The minimum atomic E-state index is 0.800. The van der Waals surface area contributed by atoms with E-state index in [0.29, 0.717) is 0 Å². The number of benzene rings is 1. The van der Waals surface area contributed by atoms with E-state index >= 15 is 0 Å². The van der Waals surface area contributed by atoms with Gasteiger partial charge in [-0.25, -0.2) is 9.97 Å². The van der Waals surface area contributed by atoms with Gasteiger partial charge >= 0.3 is 0 Å². The van der Waals surface area contributed by atoms with Crippen LogP contribution in [0.15, 0.2) is 34.9 Å². The fraction of sp³-hybridized carbons (Fsp3) is 0.286. The van der Waals surface area contributed by atoms with E-state index in [1.54, 1.807) is 0 Å². The molecule has 0 saturated carbocycles. The zero-order valence-corrected chi connectivity index (χ0v) is 11.1. The Morgan fingerprint density at radius 3 is 2.94 bits per heavy atom. The molecule has 0 N–H and O–H groups in total. The van der Waals surface area contributed by atoms with Gasteiger partial charge in [0, 0.05) is 22.8 Å². The smallest absolute Gasteiger partial charge is 0.132 e. The summed E-state index contributed by atoms with van der Waals surface area (Å²) >= 11 is 3.56. The van der Waals surface area contributed by atoms with Crippen molar-refractivity contribution in [2.45, 2.75) is 25.7 Å². The van der Waals surface area contributed by atoms with Gasteiger partial charge in [0.05, 0.1) is 0 Å². The number of halogens is 1. The molecule has 0 atom stereocenters. The van der Waals surface area contributed by atoms with Crippen LogP contribution < -0.4 is 0 Å². The summed E-state index contributed by atoms with van der Waals surface area (Å²) in [7, 11) is 0. The number of hydrogen-bond donors (Lipinski definition) is 0. The first-order valence-electron chi connectivity index (χ1n) is 5.90. The van der Waals surface area contributed by atoms with Crippen molar-refractivity contribution in [2.75, 3.05) is 0 Å². The summed E-state index contributed by atoms with van der Waals surface area (Å²) in [5.41, 5.74) is 3.83. The van der Waals surface area contributed by atoms with Crippen LogP contribution in [0, 0.1) is 0 Å². The summed E-state index contributed by atoms with van der Waals surface area (Å²) in [5.74, 6) is 0.928. The van der Waals surface area contributed by atoms with E-state index in [4.69, 9.17) is 0 Å². The van der Waals surface area contributed by atoms with Gasteiger partial charge in [-0.15, -0.1) is 0 Å². The van der Waals surface area contributed by atoms with Gasteiger partial charge in [0.15, 0.2) is 0 Å². The quantitative estimate of drug-likeness (QED) is 0.847. The average Bonchev–Trinajstić information content (AvgIpc) is 2.79. The second-order valence-electron chi connectivity index (χ2n) is 4.38. The van der Waals surface area contributed by atoms with Crippen LogP contribution >= 0.6 is 15.9 Å². The summed E-state index contributed by atoms with van der Waals surface area (Å²) < 4.78 is 1.13. The Morgan fingerprint density at radius 2 is 2.06 bits per heavy atom. The fourth-order valence-corrected chi connectivity index (χ4v) is 2.68. The van der Waals surface area contributed by atoms with Gasteiger partial charge in [-0.1, -0.05) is 34.1 Å². The number of aryl methyl sites for hydroxylation is 2. The van der Waals surface area contributed by atoms with Gasteiger partial charge in [-0.05, 0) is 36.5 Å². The third-order valence-electron chi connectivity index (χ3n) is 3.17. The zero-order chi connectivity index (χ0) is 11.7. The third-order valence-corrected chi connectivity index (χ3v) is 3.94. The fourth-order valence-electron chi connectivity index (χ4n) is 2.25. The summed E-state index contributed by atoms with van der Waals surface area (Å²) in [5, 5.41) is 0. The maximum absolute atomic E-state index is 4.66. The van der Waals surface area contributed by atoms with Crippen molar-refractivity contribution in [3.63, 3.8) is 0 Å². The van der Waals surface area contributed by atoms with Crippen LogP contribution in [-0.2, 0) is 19.3 Å². The second kappa shape index (κ2) is 4.57. The van der Waals surface area contributed by atoms with Crippen LogP contribution in [0.3, 0.4) is 0 Å². The van der Waals surface area contributed by atoms with Gasteiger partial charge in [0.1, 0.15) is 5.82 Å². The van der Waals surface area contributed by atoms with Crippen LogP contribution in [0.4, 0.5) is 0 Å². The van der Waals surface area contributed by atoms with Crippen LogP contribution in [0.5, 0.6) is 0 Å². The Kier molecular flexibility index (Phi) is 2.93. The summed E-state index contributed by atoms with van der Waals surface area (Å²) in [6, 6.07) is 8.24. The predicted molar refractivity (Wildman–Crippen MR) is 71.0 cm³/mol. The summed E-state index contributed by atoms with van der Waals surface area (Å²) in [6.45, 7) is 0. The minimum absolute atomic E-state index is 0.800. The monoisotopic (exact) mass is 288 g/mol. The molecule has 3 rings (SSSR count). The SMILES string of the molecule is Brc1ccccc1Cc1ncc2c(n1)CCC2. The van der Waals surface area contributed by atoms with Crippen molar-refractivity contribution >= 4 is 15.9 Å². The molecule has 0 bridgehead atoms. The first kappa shape index (κ1) is 10.9. The Balaban J connectivity index is 1.89. The molecule has 2 nitrogen and oxygen atoms in total. The topological polar surface area (TPSA) is 25.8 Å². The van der Waals surface area contributed by atoms with Crippen molar-refractivity contribution in [3.8, 4) is 0 Å². The van der Waals surface area contributed by atoms with E-state index in [1.165, 1.54) is 23.2 Å². The molecule has 1 aliphatic rings. The van der Waals surface area contributed by atoms with Crippen LogP contribution in [-0.4, -0.2) is 9.97 Å². The normalized spacial score (nSPS) is 13.7. The molecule has 0 amide bonds. The van der Waals surface area contributed by atoms with Gasteiger partial charge in [-0.3, -0.25) is 0 Å². The lowest BCUT2D eigenvalue weighted by Crippen LogP contribution is -2.00. The Bertz CT molecular complexity index is 552. The highest BCUT2D eigenvalue weighted by atomic mass is 79.9. The summed E-state index contributed by atoms with van der Waals surface area (Å²) in [4.78, 5) is 9.11. The number of fused-ring (bicyclic) bond motifs is 1. The van der Waals surface area contributed by atoms with E-state index in [-0.39, 0.29) is 0 Å². The number of rotatable bonds is 2. The molecular weight excluding hydrogens is 276 g/mol. The molecule has 3 heteroatoms. The highest BCUT2D eigenvalue weighted by Gasteiger charge is 2.13. The van der Waals surface area contributed by atoms with E-state index in [1.807, 2.05) is 18.3 Å². The Hall–Kier alpha value is -1.22. The molecular formula is C14H13BrN2.